The molecule has 1 amide bonds. The maximum absolute atomic E-state index is 13.1. The highest BCUT2D eigenvalue weighted by Gasteiger charge is 2.18. The van der Waals surface area contributed by atoms with Gasteiger partial charge in [-0.25, -0.2) is 4.98 Å². The van der Waals surface area contributed by atoms with E-state index in [1.807, 2.05) is 42.5 Å². The van der Waals surface area contributed by atoms with Crippen LogP contribution in [0.25, 0.3) is 22.2 Å². The number of para-hydroxylation sites is 1. The van der Waals surface area contributed by atoms with Crippen LogP contribution in [0, 0.1) is 0 Å². The Morgan fingerprint density at radius 3 is 2.46 bits per heavy atom. The molecule has 0 spiro atoms. The molecule has 0 saturated heterocycles. The molecule has 0 atom stereocenters. The molecule has 0 unspecified atom stereocenters. The number of nitrogens with zero attached hydrogens (tertiary/aromatic N) is 2. The van der Waals surface area contributed by atoms with Crippen LogP contribution in [0.2, 0.25) is 0 Å². The molecule has 0 aliphatic heterocycles. The third-order valence-electron chi connectivity index (χ3n) is 5.13. The summed E-state index contributed by atoms with van der Waals surface area (Å²) in [5.74, 6) is 0.00538. The average Bonchev–Trinajstić information content (AvgIpc) is 2.96. The van der Waals surface area contributed by atoms with Crippen molar-refractivity contribution in [1.29, 1.82) is 0 Å². The first-order valence-corrected chi connectivity index (χ1v) is 9.42. The van der Waals surface area contributed by atoms with Gasteiger partial charge in [-0.2, -0.15) is 0 Å². The Labute approximate surface area is 153 Å². The summed E-state index contributed by atoms with van der Waals surface area (Å²) in [5, 5.41) is 4.17. The number of rotatable bonds is 3. The number of aromatic nitrogens is 2. The Morgan fingerprint density at radius 2 is 1.69 bits per heavy atom. The van der Waals surface area contributed by atoms with E-state index in [0.717, 1.165) is 35.0 Å². The highest BCUT2D eigenvalue weighted by atomic mass is 16.1. The van der Waals surface area contributed by atoms with Crippen LogP contribution in [0.15, 0.2) is 54.9 Å². The van der Waals surface area contributed by atoms with Crippen LogP contribution >= 0.6 is 0 Å². The highest BCUT2D eigenvalue weighted by Crippen LogP contribution is 2.25. The fourth-order valence-corrected chi connectivity index (χ4v) is 3.72. The number of fused-ring (bicyclic) bond motifs is 1. The molecule has 0 radical (unpaired) electrons. The third kappa shape index (κ3) is 3.59. The zero-order valence-corrected chi connectivity index (χ0v) is 14.8. The normalized spacial score (nSPS) is 15.5. The lowest BCUT2D eigenvalue weighted by atomic mass is 10.0. The van der Waals surface area contributed by atoms with E-state index in [2.05, 4.69) is 10.3 Å². The molecule has 4 nitrogen and oxygen atoms in total. The van der Waals surface area contributed by atoms with Crippen molar-refractivity contribution in [2.45, 2.75) is 44.6 Å². The minimum absolute atomic E-state index is 0.00538. The maximum Gasteiger partial charge on any atom is 0.252 e. The molecule has 2 heterocycles. The van der Waals surface area contributed by atoms with Crippen molar-refractivity contribution in [1.82, 2.24) is 15.3 Å². The molecule has 1 aliphatic carbocycles. The summed E-state index contributed by atoms with van der Waals surface area (Å²) in [6.07, 6.45) is 10.6. The molecule has 132 valence electrons. The summed E-state index contributed by atoms with van der Waals surface area (Å²) >= 11 is 0. The molecule has 1 N–H and O–H groups in total. The molecule has 1 fully saturated rings. The van der Waals surface area contributed by atoms with Gasteiger partial charge in [0, 0.05) is 29.4 Å². The third-order valence-corrected chi connectivity index (χ3v) is 5.13. The van der Waals surface area contributed by atoms with E-state index in [-0.39, 0.29) is 11.9 Å². The standard InChI is InChI=1S/C22H23N3O/c26-22(24-17-7-3-1-2-4-8-17)19-15-21(16-11-13-23-14-12-16)25-20-10-6-5-9-18(19)20/h5-6,9-15,17H,1-4,7-8H2,(H,24,26). The lowest BCUT2D eigenvalue weighted by Crippen LogP contribution is -2.34. The zero-order valence-electron chi connectivity index (χ0n) is 14.8. The maximum atomic E-state index is 13.1. The molecular weight excluding hydrogens is 322 g/mol. The SMILES string of the molecule is O=C(NC1CCCCCC1)c1cc(-c2ccncc2)nc2ccccc12. The molecule has 2 aromatic heterocycles. The quantitative estimate of drug-likeness (QED) is 0.697. The van der Waals surface area contributed by atoms with Crippen molar-refractivity contribution in [2.75, 3.05) is 0 Å². The monoisotopic (exact) mass is 345 g/mol. The Morgan fingerprint density at radius 1 is 0.962 bits per heavy atom. The van der Waals surface area contributed by atoms with Gasteiger partial charge in [0.15, 0.2) is 0 Å². The number of hydrogen-bond donors (Lipinski definition) is 1. The fourth-order valence-electron chi connectivity index (χ4n) is 3.72. The first-order valence-electron chi connectivity index (χ1n) is 9.42. The minimum Gasteiger partial charge on any atom is -0.349 e. The van der Waals surface area contributed by atoms with Crippen LogP contribution in [-0.2, 0) is 0 Å². The van der Waals surface area contributed by atoms with Crippen molar-refractivity contribution in [3.8, 4) is 11.3 Å². The average molecular weight is 345 g/mol. The zero-order chi connectivity index (χ0) is 17.8. The summed E-state index contributed by atoms with van der Waals surface area (Å²) in [6, 6.07) is 13.9. The van der Waals surface area contributed by atoms with Gasteiger partial charge in [-0.1, -0.05) is 43.9 Å². The molecule has 4 heteroatoms. The van der Waals surface area contributed by atoms with E-state index >= 15 is 0 Å². The van der Waals surface area contributed by atoms with E-state index in [1.165, 1.54) is 25.7 Å². The van der Waals surface area contributed by atoms with Crippen molar-refractivity contribution in [2.24, 2.45) is 0 Å². The van der Waals surface area contributed by atoms with Crippen LogP contribution in [0.3, 0.4) is 0 Å². The first kappa shape index (κ1) is 16.7. The molecule has 3 aromatic rings. The van der Waals surface area contributed by atoms with Gasteiger partial charge in [0.05, 0.1) is 16.8 Å². The second-order valence-corrected chi connectivity index (χ2v) is 6.97. The van der Waals surface area contributed by atoms with Gasteiger partial charge in [0.25, 0.3) is 5.91 Å². The molecule has 26 heavy (non-hydrogen) atoms. The van der Waals surface area contributed by atoms with E-state index in [0.29, 0.717) is 5.56 Å². The van der Waals surface area contributed by atoms with Crippen LogP contribution in [0.4, 0.5) is 0 Å². The second-order valence-electron chi connectivity index (χ2n) is 6.97. The van der Waals surface area contributed by atoms with E-state index in [1.54, 1.807) is 12.4 Å². The lowest BCUT2D eigenvalue weighted by Gasteiger charge is -2.17. The Balaban J connectivity index is 1.71. The van der Waals surface area contributed by atoms with Crippen molar-refractivity contribution in [3.05, 3.63) is 60.4 Å². The smallest absolute Gasteiger partial charge is 0.252 e. The predicted molar refractivity (Wildman–Crippen MR) is 104 cm³/mol. The van der Waals surface area contributed by atoms with Gasteiger partial charge in [-0.15, -0.1) is 0 Å². The van der Waals surface area contributed by atoms with E-state index < -0.39 is 0 Å². The van der Waals surface area contributed by atoms with Crippen LogP contribution in [0.1, 0.15) is 48.9 Å². The highest BCUT2D eigenvalue weighted by molar-refractivity contribution is 6.07. The largest absolute Gasteiger partial charge is 0.349 e. The van der Waals surface area contributed by atoms with Gasteiger partial charge in [0.1, 0.15) is 0 Å². The summed E-state index contributed by atoms with van der Waals surface area (Å²) < 4.78 is 0. The first-order chi connectivity index (χ1) is 12.8. The Hall–Kier alpha value is -2.75. The number of hydrogen-bond acceptors (Lipinski definition) is 3. The Bertz CT molecular complexity index is 900. The number of carbonyl (C=O) groups is 1. The molecular formula is C22H23N3O. The van der Waals surface area contributed by atoms with Crippen molar-refractivity contribution < 1.29 is 4.79 Å². The predicted octanol–water partition coefficient (Wildman–Crippen LogP) is 4.75. The van der Waals surface area contributed by atoms with E-state index in [4.69, 9.17) is 4.98 Å². The Kier molecular flexibility index (Phi) is 4.91. The summed E-state index contributed by atoms with van der Waals surface area (Å²) in [7, 11) is 0. The molecule has 1 saturated carbocycles. The number of nitrogens with one attached hydrogen (secondary N) is 1. The summed E-state index contributed by atoms with van der Waals surface area (Å²) in [6.45, 7) is 0. The van der Waals surface area contributed by atoms with Gasteiger partial charge in [-0.3, -0.25) is 9.78 Å². The van der Waals surface area contributed by atoms with Crippen LogP contribution in [-0.4, -0.2) is 21.9 Å². The number of pyridine rings is 2. The second kappa shape index (κ2) is 7.65. The number of carbonyl (C=O) groups excluding carboxylic acids is 1. The minimum atomic E-state index is 0.00538. The van der Waals surface area contributed by atoms with Crippen molar-refractivity contribution in [3.63, 3.8) is 0 Å². The van der Waals surface area contributed by atoms with Gasteiger partial charge < -0.3 is 5.32 Å². The topological polar surface area (TPSA) is 54.9 Å². The van der Waals surface area contributed by atoms with Gasteiger partial charge in [-0.05, 0) is 37.1 Å². The summed E-state index contributed by atoms with van der Waals surface area (Å²) in [5.41, 5.74) is 3.31. The fraction of sp³-hybridized carbons (Fsp3) is 0.318. The lowest BCUT2D eigenvalue weighted by molar-refractivity contribution is 0.0935. The van der Waals surface area contributed by atoms with Gasteiger partial charge >= 0.3 is 0 Å². The molecule has 1 aliphatic rings. The van der Waals surface area contributed by atoms with Gasteiger partial charge in [0.2, 0.25) is 0 Å². The molecule has 4 rings (SSSR count). The molecule has 1 aromatic carbocycles. The van der Waals surface area contributed by atoms with Crippen LogP contribution in [0.5, 0.6) is 0 Å². The summed E-state index contributed by atoms with van der Waals surface area (Å²) in [4.78, 5) is 21.9. The van der Waals surface area contributed by atoms with Crippen LogP contribution < -0.4 is 5.32 Å². The number of benzene rings is 1. The van der Waals surface area contributed by atoms with E-state index in [9.17, 15) is 4.79 Å². The number of amides is 1. The molecule has 0 bridgehead atoms. The van der Waals surface area contributed by atoms with Crippen molar-refractivity contribution >= 4 is 16.8 Å².